The predicted molar refractivity (Wildman–Crippen MR) is 181 cm³/mol. The quantitative estimate of drug-likeness (QED) is 0.205. The van der Waals surface area contributed by atoms with Crippen LogP contribution in [0.25, 0.3) is 0 Å². The summed E-state index contributed by atoms with van der Waals surface area (Å²) in [6.45, 7) is 14.3. The molecule has 0 saturated carbocycles. The lowest BCUT2D eigenvalue weighted by Crippen LogP contribution is -2.57. The van der Waals surface area contributed by atoms with Crippen LogP contribution in [0.15, 0.2) is 36.4 Å². The first-order valence-corrected chi connectivity index (χ1v) is 19.7. The number of piperazine rings is 1. The highest BCUT2D eigenvalue weighted by Gasteiger charge is 2.41. The van der Waals surface area contributed by atoms with Crippen LogP contribution < -0.4 is 4.43 Å². The Morgan fingerprint density at radius 3 is 2.06 bits per heavy atom. The Labute approximate surface area is 295 Å². The van der Waals surface area contributed by atoms with E-state index in [0.717, 1.165) is 0 Å². The largest absolute Gasteiger partial charge is 0.543 e. The number of benzene rings is 2. The van der Waals surface area contributed by atoms with Crippen molar-refractivity contribution in [2.24, 2.45) is 0 Å². The molecule has 0 spiro atoms. The average Bonchev–Trinajstić information content (AvgIpc) is 3.02. The van der Waals surface area contributed by atoms with Crippen molar-refractivity contribution in [3.8, 4) is 5.75 Å². The van der Waals surface area contributed by atoms with Crippen LogP contribution >= 0.6 is 0 Å². The molecule has 2 aromatic carbocycles. The fourth-order valence-electron chi connectivity index (χ4n) is 6.02. The summed E-state index contributed by atoms with van der Waals surface area (Å²) < 4.78 is 99.6. The SMILES string of the molecule is COC[C@@H]1CN(CCN2CCN(C(=O)c3cc(C(F)(F)F)cc(C(F)(F)F)c3)[C@H](Cc3ccc(C(=O)O)c(O[Si](C)(C)C(C)(C)C)c3)C2)CCO1. The normalized spacial score (nSPS) is 20.0. The van der Waals surface area contributed by atoms with Gasteiger partial charge >= 0.3 is 18.3 Å². The number of amides is 1. The van der Waals surface area contributed by atoms with E-state index in [4.69, 9.17) is 13.9 Å². The second kappa shape index (κ2) is 15.8. The summed E-state index contributed by atoms with van der Waals surface area (Å²) in [6.07, 6.45) is -10.1. The third-order valence-electron chi connectivity index (χ3n) is 9.89. The summed E-state index contributed by atoms with van der Waals surface area (Å²) in [6, 6.07) is 4.89. The van der Waals surface area contributed by atoms with Gasteiger partial charge in [-0.05, 0) is 60.4 Å². The number of carboxylic acids is 1. The average molecular weight is 748 g/mol. The van der Waals surface area contributed by atoms with Gasteiger partial charge in [-0.25, -0.2) is 4.79 Å². The van der Waals surface area contributed by atoms with E-state index in [9.17, 15) is 41.0 Å². The van der Waals surface area contributed by atoms with Crippen molar-refractivity contribution in [2.75, 3.05) is 66.1 Å². The highest BCUT2D eigenvalue weighted by atomic mass is 28.4. The van der Waals surface area contributed by atoms with Gasteiger partial charge in [-0.1, -0.05) is 26.8 Å². The molecule has 2 fully saturated rings. The molecule has 9 nitrogen and oxygen atoms in total. The Hall–Kier alpha value is -3.18. The van der Waals surface area contributed by atoms with Gasteiger partial charge in [0.2, 0.25) is 0 Å². The highest BCUT2D eigenvalue weighted by molar-refractivity contribution is 6.74. The highest BCUT2D eigenvalue weighted by Crippen LogP contribution is 2.39. The summed E-state index contributed by atoms with van der Waals surface area (Å²) >= 11 is 0. The first-order chi connectivity index (χ1) is 23.6. The zero-order chi connectivity index (χ0) is 37.9. The number of aromatic carboxylic acids is 1. The Morgan fingerprint density at radius 2 is 1.51 bits per heavy atom. The van der Waals surface area contributed by atoms with E-state index in [-0.39, 0.29) is 48.0 Å². The number of methoxy groups -OCH3 is 1. The predicted octanol–water partition coefficient (Wildman–Crippen LogP) is 6.52. The Balaban J connectivity index is 1.66. The molecule has 16 heteroatoms. The number of carbonyl (C=O) groups is 2. The smallest absolute Gasteiger partial charge is 0.416 e. The number of rotatable bonds is 11. The van der Waals surface area contributed by atoms with Gasteiger partial charge in [0.05, 0.1) is 36.0 Å². The third kappa shape index (κ3) is 10.5. The maximum Gasteiger partial charge on any atom is 0.416 e. The molecule has 0 aliphatic carbocycles. The van der Waals surface area contributed by atoms with Gasteiger partial charge in [0, 0.05) is 64.5 Å². The second-order valence-electron chi connectivity index (χ2n) is 14.7. The molecular weight excluding hydrogens is 700 g/mol. The standard InChI is InChI=1S/C35H47F6N3O6Si/c1-33(2,3)51(5,6)50-30-16-23(7-8-29(30)32(46)47)15-27-20-42(9-10-43-13-14-49-28(21-43)22-48-4)11-12-44(27)31(45)24-17-25(34(36,37)38)19-26(18-24)35(39,40)41/h7-8,16-19,27-28H,9-15,20-22H2,1-6H3,(H,46,47)/t27-,28+/m1/s1. The molecule has 4 rings (SSSR count). The number of hydrogen-bond donors (Lipinski definition) is 1. The van der Waals surface area contributed by atoms with Crippen LogP contribution in [0, 0.1) is 0 Å². The van der Waals surface area contributed by atoms with Crippen molar-refractivity contribution in [3.05, 3.63) is 64.2 Å². The zero-order valence-corrected chi connectivity index (χ0v) is 30.8. The fraction of sp³-hybridized carbons (Fsp3) is 0.600. The molecule has 51 heavy (non-hydrogen) atoms. The molecule has 2 saturated heterocycles. The Morgan fingerprint density at radius 1 is 0.902 bits per heavy atom. The van der Waals surface area contributed by atoms with Crippen LogP contribution in [-0.2, 0) is 28.2 Å². The van der Waals surface area contributed by atoms with Crippen molar-refractivity contribution in [2.45, 2.75) is 69.8 Å². The molecule has 1 amide bonds. The van der Waals surface area contributed by atoms with Gasteiger partial charge in [-0.3, -0.25) is 14.6 Å². The van der Waals surface area contributed by atoms with Gasteiger partial charge in [-0.15, -0.1) is 0 Å². The molecule has 2 atom stereocenters. The van der Waals surface area contributed by atoms with Gasteiger partial charge in [0.1, 0.15) is 5.75 Å². The summed E-state index contributed by atoms with van der Waals surface area (Å²) in [5.41, 5.74) is -3.28. The molecule has 2 aromatic rings. The van der Waals surface area contributed by atoms with Gasteiger partial charge in [0.15, 0.2) is 0 Å². The van der Waals surface area contributed by atoms with Gasteiger partial charge in [0.25, 0.3) is 14.2 Å². The maximum atomic E-state index is 13.9. The molecule has 2 aliphatic heterocycles. The third-order valence-corrected chi connectivity index (χ3v) is 14.2. The van der Waals surface area contributed by atoms with E-state index in [1.807, 2.05) is 33.9 Å². The van der Waals surface area contributed by atoms with Crippen LogP contribution in [0.1, 0.15) is 58.2 Å². The van der Waals surface area contributed by atoms with E-state index >= 15 is 0 Å². The van der Waals surface area contributed by atoms with Crippen molar-refractivity contribution >= 4 is 20.2 Å². The molecule has 0 unspecified atom stereocenters. The minimum atomic E-state index is -5.11. The fourth-order valence-corrected chi connectivity index (χ4v) is 7.04. The lowest BCUT2D eigenvalue weighted by Gasteiger charge is -2.43. The Kier molecular flexibility index (Phi) is 12.6. The number of halogens is 6. The van der Waals surface area contributed by atoms with Crippen LogP contribution in [-0.4, -0.2) is 118 Å². The minimum absolute atomic E-state index is 0.00293. The number of nitrogens with zero attached hydrogens (tertiary/aromatic N) is 3. The first kappa shape index (κ1) is 40.6. The molecule has 284 valence electrons. The van der Waals surface area contributed by atoms with E-state index in [0.29, 0.717) is 63.6 Å². The molecule has 0 radical (unpaired) electrons. The summed E-state index contributed by atoms with van der Waals surface area (Å²) in [7, 11) is -0.904. The van der Waals surface area contributed by atoms with E-state index in [2.05, 4.69) is 9.80 Å². The molecule has 2 heterocycles. The van der Waals surface area contributed by atoms with E-state index in [1.165, 1.54) is 11.0 Å². The number of carboxylic acid groups (broad SMARTS) is 1. The molecule has 1 N–H and O–H groups in total. The van der Waals surface area contributed by atoms with Crippen LogP contribution in [0.3, 0.4) is 0 Å². The van der Waals surface area contributed by atoms with Crippen LogP contribution in [0.2, 0.25) is 18.1 Å². The Bertz CT molecular complexity index is 1510. The number of alkyl halides is 6. The lowest BCUT2D eigenvalue weighted by molar-refractivity contribution is -0.143. The van der Waals surface area contributed by atoms with Gasteiger partial charge in [-0.2, -0.15) is 26.3 Å². The van der Waals surface area contributed by atoms with Crippen molar-refractivity contribution in [1.82, 2.24) is 14.7 Å². The summed E-state index contributed by atoms with van der Waals surface area (Å²) in [5.74, 6) is -1.97. The first-order valence-electron chi connectivity index (χ1n) is 16.8. The molecule has 0 aromatic heterocycles. The molecular formula is C35H47F6N3O6Si. The van der Waals surface area contributed by atoms with Crippen molar-refractivity contribution in [1.29, 1.82) is 0 Å². The monoisotopic (exact) mass is 747 g/mol. The van der Waals surface area contributed by atoms with Gasteiger partial charge < -0.3 is 23.9 Å². The maximum absolute atomic E-state index is 13.9. The number of hydrogen-bond acceptors (Lipinski definition) is 7. The van der Waals surface area contributed by atoms with Crippen molar-refractivity contribution < 1.29 is 54.9 Å². The van der Waals surface area contributed by atoms with Crippen molar-refractivity contribution in [3.63, 3.8) is 0 Å². The molecule has 0 bridgehead atoms. The van der Waals surface area contributed by atoms with Crippen LogP contribution in [0.5, 0.6) is 5.75 Å². The number of carbonyl (C=O) groups excluding carboxylic acids is 1. The van der Waals surface area contributed by atoms with E-state index < -0.39 is 55.3 Å². The number of ether oxygens (including phenoxy) is 2. The number of morpholine rings is 1. The minimum Gasteiger partial charge on any atom is -0.543 e. The van der Waals surface area contributed by atoms with E-state index in [1.54, 1.807) is 19.2 Å². The molecule has 2 aliphatic rings. The lowest BCUT2D eigenvalue weighted by atomic mass is 9.98. The summed E-state index contributed by atoms with van der Waals surface area (Å²) in [5, 5.41) is 9.67. The van der Waals surface area contributed by atoms with Crippen LogP contribution in [0.4, 0.5) is 26.3 Å². The summed E-state index contributed by atoms with van der Waals surface area (Å²) in [4.78, 5) is 31.7. The zero-order valence-electron chi connectivity index (χ0n) is 29.8. The second-order valence-corrected chi connectivity index (χ2v) is 19.4. The topological polar surface area (TPSA) is 91.8 Å².